The number of fused-ring (bicyclic) bond motifs is 3. The van der Waals surface area contributed by atoms with Gasteiger partial charge >= 0.3 is 5.97 Å². The lowest BCUT2D eigenvalue weighted by Crippen LogP contribution is -2.24. The van der Waals surface area contributed by atoms with Gasteiger partial charge in [0.15, 0.2) is 0 Å². The zero-order chi connectivity index (χ0) is 22.0. The molecule has 4 aromatic rings. The van der Waals surface area contributed by atoms with Crippen LogP contribution in [-0.2, 0) is 16.0 Å². The summed E-state index contributed by atoms with van der Waals surface area (Å²) in [6.07, 6.45) is 3.40. The van der Waals surface area contributed by atoms with Gasteiger partial charge < -0.3 is 14.0 Å². The number of esters is 1. The number of methoxy groups -OCH3 is 1. The smallest absolute Gasteiger partial charge is 0.340 e. The number of hydrogen-bond donors (Lipinski definition) is 0. The highest BCUT2D eigenvalue weighted by Gasteiger charge is 2.23. The molecule has 4 rings (SSSR count). The molecule has 7 nitrogen and oxygen atoms in total. The predicted molar refractivity (Wildman–Crippen MR) is 118 cm³/mol. The van der Waals surface area contributed by atoms with E-state index in [1.54, 1.807) is 37.9 Å². The highest BCUT2D eigenvalue weighted by molar-refractivity contribution is 6.16. The van der Waals surface area contributed by atoms with Gasteiger partial charge in [-0.1, -0.05) is 18.2 Å². The summed E-state index contributed by atoms with van der Waals surface area (Å²) >= 11 is 0. The van der Waals surface area contributed by atoms with Gasteiger partial charge in [-0.25, -0.2) is 4.79 Å². The van der Waals surface area contributed by atoms with Crippen molar-refractivity contribution in [1.29, 1.82) is 0 Å². The number of hydrogen-bond acceptors (Lipinski definition) is 6. The van der Waals surface area contributed by atoms with Gasteiger partial charge in [0.05, 0.1) is 41.0 Å². The van der Waals surface area contributed by atoms with Crippen LogP contribution >= 0.6 is 0 Å². The molecule has 3 aromatic heterocycles. The van der Waals surface area contributed by atoms with Crippen LogP contribution in [0.15, 0.2) is 53.6 Å². The molecule has 0 bridgehead atoms. The van der Waals surface area contributed by atoms with Gasteiger partial charge in [-0.3, -0.25) is 14.8 Å². The highest BCUT2D eigenvalue weighted by atomic mass is 16.6. The molecule has 158 valence electrons. The molecule has 7 heteroatoms. The molecule has 0 N–H and O–H groups in total. The zero-order valence-electron chi connectivity index (χ0n) is 17.7. The Morgan fingerprint density at radius 3 is 2.48 bits per heavy atom. The fraction of sp³-hybridized carbons (Fsp3) is 0.250. The van der Waals surface area contributed by atoms with E-state index in [1.807, 2.05) is 36.4 Å². The van der Waals surface area contributed by atoms with E-state index in [0.717, 1.165) is 16.5 Å². The van der Waals surface area contributed by atoms with E-state index in [1.165, 1.54) is 0 Å². The topological polar surface area (TPSA) is 83.3 Å². The average Bonchev–Trinajstić information content (AvgIpc) is 2.77. The Hall–Kier alpha value is -3.58. The van der Waals surface area contributed by atoms with Gasteiger partial charge in [0.25, 0.3) is 5.56 Å². The van der Waals surface area contributed by atoms with Crippen LogP contribution in [0.25, 0.3) is 21.7 Å². The Morgan fingerprint density at radius 1 is 1.00 bits per heavy atom. The van der Waals surface area contributed by atoms with Crippen molar-refractivity contribution in [3.63, 3.8) is 0 Å². The Balaban J connectivity index is 2.03. The SMILES string of the molecule is COCCOC(=O)c1c(C)nc(C)c2c(=O)n(Cc3ccncc3)c3ccccc3c12. The quantitative estimate of drug-likeness (QED) is 0.272. The summed E-state index contributed by atoms with van der Waals surface area (Å²) in [6.45, 7) is 4.36. The summed E-state index contributed by atoms with van der Waals surface area (Å²) in [7, 11) is 1.54. The maximum Gasteiger partial charge on any atom is 0.340 e. The minimum Gasteiger partial charge on any atom is -0.460 e. The van der Waals surface area contributed by atoms with Crippen molar-refractivity contribution < 1.29 is 14.3 Å². The molecule has 0 saturated carbocycles. The minimum absolute atomic E-state index is 0.126. The lowest BCUT2D eigenvalue weighted by molar-refractivity contribution is 0.0389. The molecule has 0 spiro atoms. The number of para-hydroxylation sites is 1. The van der Waals surface area contributed by atoms with Crippen molar-refractivity contribution >= 4 is 27.6 Å². The van der Waals surface area contributed by atoms with Crippen molar-refractivity contribution in [3.05, 3.63) is 81.7 Å². The summed E-state index contributed by atoms with van der Waals surface area (Å²) in [5, 5.41) is 1.81. The Bertz CT molecular complexity index is 1330. The number of benzene rings is 1. The number of rotatable bonds is 6. The first-order chi connectivity index (χ1) is 15.0. The first-order valence-electron chi connectivity index (χ1n) is 10.00. The number of aryl methyl sites for hydroxylation is 2. The van der Waals surface area contributed by atoms with Crippen molar-refractivity contribution in [2.75, 3.05) is 20.3 Å². The first kappa shape index (κ1) is 20.7. The van der Waals surface area contributed by atoms with Crippen molar-refractivity contribution in [2.45, 2.75) is 20.4 Å². The van der Waals surface area contributed by atoms with Gasteiger partial charge in [0, 0.05) is 30.3 Å². The summed E-state index contributed by atoms with van der Waals surface area (Å²) in [6, 6.07) is 11.4. The van der Waals surface area contributed by atoms with E-state index in [2.05, 4.69) is 9.97 Å². The van der Waals surface area contributed by atoms with Crippen LogP contribution in [0.4, 0.5) is 0 Å². The Morgan fingerprint density at radius 2 is 1.74 bits per heavy atom. The average molecular weight is 417 g/mol. The molecule has 0 saturated heterocycles. The third-order valence-corrected chi connectivity index (χ3v) is 5.30. The molecule has 0 fully saturated rings. The van der Waals surface area contributed by atoms with E-state index < -0.39 is 5.97 Å². The second-order valence-corrected chi connectivity index (χ2v) is 7.30. The monoisotopic (exact) mass is 417 g/mol. The molecule has 0 unspecified atom stereocenters. The first-order valence-corrected chi connectivity index (χ1v) is 10.00. The second kappa shape index (κ2) is 8.65. The van der Waals surface area contributed by atoms with E-state index in [4.69, 9.17) is 9.47 Å². The molecule has 1 aromatic carbocycles. The van der Waals surface area contributed by atoms with Crippen molar-refractivity contribution in [2.24, 2.45) is 0 Å². The zero-order valence-corrected chi connectivity index (χ0v) is 17.7. The Kier molecular flexibility index (Phi) is 5.77. The molecule has 31 heavy (non-hydrogen) atoms. The van der Waals surface area contributed by atoms with Crippen molar-refractivity contribution in [3.8, 4) is 0 Å². The number of ether oxygens (including phenoxy) is 2. The molecule has 0 aliphatic heterocycles. The van der Waals surface area contributed by atoms with Crippen LogP contribution in [0.1, 0.15) is 27.3 Å². The third-order valence-electron chi connectivity index (χ3n) is 5.30. The molecule has 0 aliphatic carbocycles. The third kappa shape index (κ3) is 3.80. The van der Waals surface area contributed by atoms with Gasteiger partial charge in [-0.2, -0.15) is 0 Å². The normalized spacial score (nSPS) is 11.2. The molecular formula is C24H23N3O4. The highest BCUT2D eigenvalue weighted by Crippen LogP contribution is 2.30. The lowest BCUT2D eigenvalue weighted by Gasteiger charge is -2.17. The molecule has 0 radical (unpaired) electrons. The molecule has 3 heterocycles. The molecule has 0 aliphatic rings. The Labute approximate surface area is 179 Å². The van der Waals surface area contributed by atoms with Crippen LogP contribution < -0.4 is 5.56 Å². The second-order valence-electron chi connectivity index (χ2n) is 7.30. The maximum absolute atomic E-state index is 13.6. The number of nitrogens with zero attached hydrogens (tertiary/aromatic N) is 3. The number of carbonyl (C=O) groups is 1. The summed E-state index contributed by atoms with van der Waals surface area (Å²) < 4.78 is 12.1. The van der Waals surface area contributed by atoms with Gasteiger partial charge in [0.1, 0.15) is 6.61 Å². The summed E-state index contributed by atoms with van der Waals surface area (Å²) in [5.74, 6) is -0.511. The molecular weight excluding hydrogens is 394 g/mol. The van der Waals surface area contributed by atoms with E-state index in [-0.39, 0.29) is 12.2 Å². The number of pyridine rings is 3. The summed E-state index contributed by atoms with van der Waals surface area (Å²) in [4.78, 5) is 35.2. The fourth-order valence-electron chi connectivity index (χ4n) is 3.91. The van der Waals surface area contributed by atoms with Crippen LogP contribution in [0.2, 0.25) is 0 Å². The molecule has 0 amide bonds. The predicted octanol–water partition coefficient (Wildman–Crippen LogP) is 3.41. The van der Waals surface area contributed by atoms with Crippen LogP contribution in [0.3, 0.4) is 0 Å². The minimum atomic E-state index is -0.511. The number of aromatic nitrogens is 3. The van der Waals surface area contributed by atoms with Gasteiger partial charge in [0.2, 0.25) is 0 Å². The van der Waals surface area contributed by atoms with Crippen LogP contribution in [0, 0.1) is 13.8 Å². The van der Waals surface area contributed by atoms with Crippen LogP contribution in [0.5, 0.6) is 0 Å². The standard InChI is InChI=1S/C24H23N3O4/c1-15-20-22(21(16(2)26-15)24(29)31-13-12-30-3)18-6-4-5-7-19(18)27(23(20)28)14-17-8-10-25-11-9-17/h4-11H,12-14H2,1-3H3. The van der Waals surface area contributed by atoms with E-state index >= 15 is 0 Å². The van der Waals surface area contributed by atoms with Crippen molar-refractivity contribution in [1.82, 2.24) is 14.5 Å². The van der Waals surface area contributed by atoms with Crippen LogP contribution in [-0.4, -0.2) is 40.8 Å². The lowest BCUT2D eigenvalue weighted by atomic mass is 9.98. The largest absolute Gasteiger partial charge is 0.460 e. The van der Waals surface area contributed by atoms with Gasteiger partial charge in [-0.05, 0) is 37.6 Å². The van der Waals surface area contributed by atoms with Gasteiger partial charge in [-0.15, -0.1) is 0 Å². The van der Waals surface area contributed by atoms with E-state index in [9.17, 15) is 9.59 Å². The summed E-state index contributed by atoms with van der Waals surface area (Å²) in [5.41, 5.74) is 2.94. The fourth-order valence-corrected chi connectivity index (χ4v) is 3.91. The number of carbonyl (C=O) groups excluding carboxylic acids is 1. The van der Waals surface area contributed by atoms with E-state index in [0.29, 0.717) is 40.9 Å². The molecule has 0 atom stereocenters. The maximum atomic E-state index is 13.6.